The molecule has 0 N–H and O–H groups in total. The molecule has 0 saturated heterocycles. The number of hydrogen-bond donors (Lipinski definition) is 0. The Morgan fingerprint density at radius 1 is 0.265 bits per heavy atom. The summed E-state index contributed by atoms with van der Waals surface area (Å²) in [7, 11) is 0. The topological polar surface area (TPSA) is 43.6 Å². The molecule has 0 saturated carbocycles. The molecule has 0 bridgehead atoms. The molecule has 316 valence electrons. The molecule has 1 spiro atoms. The van der Waals surface area contributed by atoms with Crippen molar-refractivity contribution in [3.8, 4) is 84.4 Å². The van der Waals surface area contributed by atoms with Crippen molar-refractivity contribution in [2.24, 2.45) is 0 Å². The van der Waals surface area contributed by atoms with Crippen molar-refractivity contribution in [2.45, 2.75) is 5.41 Å². The molecule has 2 aromatic heterocycles. The molecule has 68 heavy (non-hydrogen) atoms. The van der Waals surface area contributed by atoms with Crippen LogP contribution in [0, 0.1) is 0 Å². The zero-order valence-electron chi connectivity index (χ0n) is 36.9. The number of fused-ring (bicyclic) bond motifs is 13. The number of hydrogen-bond acceptors (Lipinski definition) is 3. The van der Waals surface area contributed by atoms with E-state index in [0.717, 1.165) is 44.5 Å². The third-order valence-electron chi connectivity index (χ3n) is 14.3. The van der Waals surface area contributed by atoms with Crippen LogP contribution in [0.15, 0.2) is 243 Å². The van der Waals surface area contributed by atoms with Crippen molar-refractivity contribution < 1.29 is 0 Å². The quantitative estimate of drug-likeness (QED) is 0.167. The zero-order valence-corrected chi connectivity index (χ0v) is 36.9. The van der Waals surface area contributed by atoms with Crippen molar-refractivity contribution in [1.82, 2.24) is 19.5 Å². The molecule has 4 nitrogen and oxygen atoms in total. The Morgan fingerprint density at radius 3 is 1.40 bits per heavy atom. The van der Waals surface area contributed by atoms with Crippen LogP contribution in [0.1, 0.15) is 22.3 Å². The summed E-state index contributed by atoms with van der Waals surface area (Å²) >= 11 is 0. The lowest BCUT2D eigenvalue weighted by atomic mass is 9.70. The molecule has 0 aliphatic heterocycles. The smallest absolute Gasteiger partial charge is 0.164 e. The standard InChI is InChI=1S/C64H40N4/c1-3-17-41(18-4-1)43-21-15-22-46(37-43)62-65-61(42-19-5-2-6-20-42)66-63(67-62)47-23-16-24-48(38-47)68-59-32-14-10-28-53(59)54-36-34-45(40-60(54)68)44-33-35-52-51-27-9-13-31-57(51)64(58(52)39-44)55-29-11-7-25-49(55)50-26-8-12-30-56(50)64/h1-40H. The Kier molecular flexibility index (Phi) is 8.46. The van der Waals surface area contributed by atoms with Crippen LogP contribution in [-0.4, -0.2) is 19.5 Å². The Bertz CT molecular complexity index is 3920. The lowest BCUT2D eigenvalue weighted by Gasteiger charge is -2.30. The van der Waals surface area contributed by atoms with Crippen LogP contribution in [0.5, 0.6) is 0 Å². The number of para-hydroxylation sites is 1. The summed E-state index contributed by atoms with van der Waals surface area (Å²) in [6.07, 6.45) is 0. The molecule has 2 aliphatic rings. The summed E-state index contributed by atoms with van der Waals surface area (Å²) in [5, 5.41) is 2.40. The zero-order chi connectivity index (χ0) is 44.8. The fraction of sp³-hybridized carbons (Fsp3) is 0.0156. The second kappa shape index (κ2) is 15.0. The molecule has 0 radical (unpaired) electrons. The molecule has 10 aromatic carbocycles. The first kappa shape index (κ1) is 38.3. The van der Waals surface area contributed by atoms with Crippen LogP contribution in [0.4, 0.5) is 0 Å². The van der Waals surface area contributed by atoms with E-state index in [1.807, 2.05) is 24.3 Å². The minimum absolute atomic E-state index is 0.408. The monoisotopic (exact) mass is 864 g/mol. The molecule has 0 amide bonds. The number of nitrogens with zero attached hydrogens (tertiary/aromatic N) is 4. The minimum atomic E-state index is -0.408. The van der Waals surface area contributed by atoms with Crippen molar-refractivity contribution >= 4 is 21.8 Å². The van der Waals surface area contributed by atoms with Gasteiger partial charge in [-0.1, -0.05) is 206 Å². The van der Waals surface area contributed by atoms with E-state index >= 15 is 0 Å². The van der Waals surface area contributed by atoms with E-state index in [9.17, 15) is 0 Å². The Morgan fingerprint density at radius 2 is 0.721 bits per heavy atom. The van der Waals surface area contributed by atoms with Gasteiger partial charge in [-0.3, -0.25) is 0 Å². The third kappa shape index (κ3) is 5.71. The highest BCUT2D eigenvalue weighted by Crippen LogP contribution is 2.63. The molecular weight excluding hydrogens is 825 g/mol. The van der Waals surface area contributed by atoms with Gasteiger partial charge in [-0.25, -0.2) is 15.0 Å². The first-order chi connectivity index (χ1) is 33.7. The summed E-state index contributed by atoms with van der Waals surface area (Å²) in [6, 6.07) is 87.6. The average Bonchev–Trinajstić information content (AvgIpc) is 4.03. The summed E-state index contributed by atoms with van der Waals surface area (Å²) in [5.41, 5.74) is 20.9. The van der Waals surface area contributed by atoms with Gasteiger partial charge < -0.3 is 4.57 Å². The highest BCUT2D eigenvalue weighted by Gasteiger charge is 2.51. The maximum atomic E-state index is 5.21. The number of aromatic nitrogens is 4. The molecule has 4 heteroatoms. The largest absolute Gasteiger partial charge is 0.309 e. The van der Waals surface area contributed by atoms with E-state index in [1.54, 1.807) is 0 Å². The van der Waals surface area contributed by atoms with Gasteiger partial charge in [-0.05, 0) is 103 Å². The molecule has 2 heterocycles. The van der Waals surface area contributed by atoms with Crippen LogP contribution < -0.4 is 0 Å². The second-order valence-corrected chi connectivity index (χ2v) is 17.9. The van der Waals surface area contributed by atoms with E-state index in [2.05, 4.69) is 223 Å². The summed E-state index contributed by atoms with van der Waals surface area (Å²) < 4.78 is 2.40. The Labute approximate surface area is 394 Å². The van der Waals surface area contributed by atoms with Crippen LogP contribution in [0.25, 0.3) is 106 Å². The minimum Gasteiger partial charge on any atom is -0.309 e. The van der Waals surface area contributed by atoms with E-state index in [4.69, 9.17) is 15.0 Å². The van der Waals surface area contributed by atoms with E-state index in [-0.39, 0.29) is 0 Å². The molecule has 12 aromatic rings. The van der Waals surface area contributed by atoms with E-state index < -0.39 is 5.41 Å². The highest BCUT2D eigenvalue weighted by molar-refractivity contribution is 6.10. The fourth-order valence-corrected chi connectivity index (χ4v) is 11.3. The molecule has 2 aliphatic carbocycles. The van der Waals surface area contributed by atoms with Crippen molar-refractivity contribution in [1.29, 1.82) is 0 Å². The predicted molar refractivity (Wildman–Crippen MR) is 278 cm³/mol. The van der Waals surface area contributed by atoms with Gasteiger partial charge in [0.1, 0.15) is 0 Å². The van der Waals surface area contributed by atoms with Crippen molar-refractivity contribution in [3.63, 3.8) is 0 Å². The molecule has 14 rings (SSSR count). The second-order valence-electron chi connectivity index (χ2n) is 17.9. The lowest BCUT2D eigenvalue weighted by Crippen LogP contribution is -2.25. The van der Waals surface area contributed by atoms with E-state index in [0.29, 0.717) is 17.5 Å². The summed E-state index contributed by atoms with van der Waals surface area (Å²) in [5.74, 6) is 1.87. The highest BCUT2D eigenvalue weighted by atomic mass is 15.0. The Balaban J connectivity index is 0.926. The van der Waals surface area contributed by atoms with Crippen LogP contribution >= 0.6 is 0 Å². The first-order valence-corrected chi connectivity index (χ1v) is 23.3. The maximum absolute atomic E-state index is 5.21. The molecule has 0 unspecified atom stereocenters. The van der Waals surface area contributed by atoms with Gasteiger partial charge >= 0.3 is 0 Å². The number of rotatable bonds is 6. The average molecular weight is 865 g/mol. The third-order valence-corrected chi connectivity index (χ3v) is 14.3. The van der Waals surface area contributed by atoms with E-state index in [1.165, 1.54) is 66.4 Å². The van der Waals surface area contributed by atoms with Crippen LogP contribution in [0.2, 0.25) is 0 Å². The van der Waals surface area contributed by atoms with Gasteiger partial charge in [-0.15, -0.1) is 0 Å². The van der Waals surface area contributed by atoms with Crippen LogP contribution in [0.3, 0.4) is 0 Å². The van der Waals surface area contributed by atoms with Crippen LogP contribution in [-0.2, 0) is 5.41 Å². The summed E-state index contributed by atoms with van der Waals surface area (Å²) in [6.45, 7) is 0. The van der Waals surface area contributed by atoms with Gasteiger partial charge in [0.25, 0.3) is 0 Å². The Hall–Kier alpha value is -8.99. The van der Waals surface area contributed by atoms with Gasteiger partial charge in [0.15, 0.2) is 17.5 Å². The first-order valence-electron chi connectivity index (χ1n) is 23.3. The molecule has 0 atom stereocenters. The summed E-state index contributed by atoms with van der Waals surface area (Å²) in [4.78, 5) is 15.4. The molecular formula is C64H40N4. The van der Waals surface area contributed by atoms with Gasteiger partial charge in [0, 0.05) is 33.2 Å². The predicted octanol–water partition coefficient (Wildman–Crippen LogP) is 15.6. The SMILES string of the molecule is c1ccc(-c2cccc(-c3nc(-c4ccccc4)nc(-c4cccc(-n5c6ccccc6c6ccc(-c7ccc8c(c7)C7(c9ccccc9-c9ccccc97)c7ccccc7-8)cc65)c4)n3)c2)cc1. The lowest BCUT2D eigenvalue weighted by molar-refractivity contribution is 0.794. The molecule has 0 fully saturated rings. The van der Waals surface area contributed by atoms with Crippen molar-refractivity contribution in [3.05, 3.63) is 265 Å². The van der Waals surface area contributed by atoms with Gasteiger partial charge in [0.05, 0.1) is 16.4 Å². The van der Waals surface area contributed by atoms with Gasteiger partial charge in [0.2, 0.25) is 0 Å². The number of benzene rings is 10. The normalized spacial score (nSPS) is 12.8. The van der Waals surface area contributed by atoms with Crippen molar-refractivity contribution in [2.75, 3.05) is 0 Å². The maximum Gasteiger partial charge on any atom is 0.164 e. The fourth-order valence-electron chi connectivity index (χ4n) is 11.3. The van der Waals surface area contributed by atoms with Gasteiger partial charge in [-0.2, -0.15) is 0 Å².